The van der Waals surface area contributed by atoms with E-state index in [9.17, 15) is 9.59 Å². The fourth-order valence-electron chi connectivity index (χ4n) is 5.53. The van der Waals surface area contributed by atoms with E-state index in [2.05, 4.69) is 105 Å². The summed E-state index contributed by atoms with van der Waals surface area (Å²) in [5, 5.41) is 0. The molecule has 8 heteroatoms. The second-order valence-corrected chi connectivity index (χ2v) is 11.5. The third-order valence-electron chi connectivity index (χ3n) is 8.27. The van der Waals surface area contributed by atoms with Gasteiger partial charge in [-0.05, 0) is 94.7 Å². The van der Waals surface area contributed by atoms with Crippen molar-refractivity contribution in [3.8, 4) is 5.75 Å². The SMILES string of the molecule is C=C(C)C(=O)OCC[N+](CCOC(=O)C(=C)C)=C1C=CC(=C(c2ccc(N(CC)CC)cc2)c2ccc(N(CC)CC)cc2OC)C=C1. The van der Waals surface area contributed by atoms with Crippen molar-refractivity contribution in [3.05, 3.63) is 108 Å². The maximum absolute atomic E-state index is 12.0. The van der Waals surface area contributed by atoms with Crippen molar-refractivity contribution in [2.75, 3.05) is 69.4 Å². The van der Waals surface area contributed by atoms with Gasteiger partial charge >= 0.3 is 11.9 Å². The van der Waals surface area contributed by atoms with Gasteiger partial charge in [-0.25, -0.2) is 14.2 Å². The minimum atomic E-state index is -0.439. The summed E-state index contributed by atoms with van der Waals surface area (Å²) < 4.78 is 18.8. The van der Waals surface area contributed by atoms with Crippen molar-refractivity contribution in [2.45, 2.75) is 41.5 Å². The Balaban J connectivity index is 2.11. The smallest absolute Gasteiger partial charge is 0.333 e. The van der Waals surface area contributed by atoms with E-state index >= 15 is 0 Å². The van der Waals surface area contributed by atoms with E-state index in [1.807, 2.05) is 16.7 Å². The molecule has 0 atom stereocenters. The molecule has 0 amide bonds. The van der Waals surface area contributed by atoms with Gasteiger partial charge in [0, 0.05) is 72.5 Å². The topological polar surface area (TPSA) is 71.3 Å². The number of hydrogen-bond donors (Lipinski definition) is 0. The summed E-state index contributed by atoms with van der Waals surface area (Å²) in [5.41, 5.74) is 8.01. The van der Waals surface area contributed by atoms with Crippen molar-refractivity contribution in [1.29, 1.82) is 0 Å². The van der Waals surface area contributed by atoms with E-state index in [0.717, 1.165) is 65.6 Å². The van der Waals surface area contributed by atoms with Crippen LogP contribution in [0, 0.1) is 0 Å². The third-order valence-corrected chi connectivity index (χ3v) is 8.27. The summed E-state index contributed by atoms with van der Waals surface area (Å²) in [6.45, 7) is 24.0. The van der Waals surface area contributed by atoms with E-state index in [-0.39, 0.29) is 13.2 Å². The number of carbonyl (C=O) groups is 2. The molecule has 0 aromatic heterocycles. The summed E-state index contributed by atoms with van der Waals surface area (Å²) in [7, 11) is 1.72. The fourth-order valence-corrected chi connectivity index (χ4v) is 5.53. The average Bonchev–Trinajstić information content (AvgIpc) is 3.09. The molecule has 0 saturated heterocycles. The summed E-state index contributed by atoms with van der Waals surface area (Å²) in [6.07, 6.45) is 8.26. The molecule has 2 aromatic rings. The quantitative estimate of drug-likeness (QED) is 0.103. The van der Waals surface area contributed by atoms with Crippen molar-refractivity contribution in [3.63, 3.8) is 0 Å². The van der Waals surface area contributed by atoms with Crippen LogP contribution in [0.15, 0.2) is 96.6 Å². The lowest BCUT2D eigenvalue weighted by Crippen LogP contribution is -2.29. The van der Waals surface area contributed by atoms with Crippen LogP contribution in [0.4, 0.5) is 11.4 Å². The Morgan fingerprint density at radius 2 is 1.19 bits per heavy atom. The molecule has 2 aromatic carbocycles. The van der Waals surface area contributed by atoms with Gasteiger partial charge < -0.3 is 24.0 Å². The number of rotatable bonds is 17. The molecule has 0 fully saturated rings. The Morgan fingerprint density at radius 1 is 0.708 bits per heavy atom. The van der Waals surface area contributed by atoms with Crippen LogP contribution < -0.4 is 14.5 Å². The number of hydrogen-bond acceptors (Lipinski definition) is 7. The molecule has 0 aliphatic heterocycles. The monoisotopic (exact) mass is 654 g/mol. The second kappa shape index (κ2) is 18.5. The molecule has 1 aliphatic carbocycles. The highest BCUT2D eigenvalue weighted by molar-refractivity contribution is 6.04. The molecule has 0 radical (unpaired) electrons. The van der Waals surface area contributed by atoms with Crippen LogP contribution in [0.1, 0.15) is 52.7 Å². The molecule has 0 unspecified atom stereocenters. The van der Waals surface area contributed by atoms with E-state index in [1.54, 1.807) is 21.0 Å². The van der Waals surface area contributed by atoms with Crippen LogP contribution in [0.2, 0.25) is 0 Å². The number of allylic oxidation sites excluding steroid dienone is 5. The van der Waals surface area contributed by atoms with Gasteiger partial charge in [-0.15, -0.1) is 0 Å². The predicted molar refractivity (Wildman–Crippen MR) is 197 cm³/mol. The maximum Gasteiger partial charge on any atom is 0.333 e. The minimum absolute atomic E-state index is 0.161. The Bertz CT molecular complexity index is 1540. The van der Waals surface area contributed by atoms with Crippen LogP contribution in [0.25, 0.3) is 5.57 Å². The molecular weight excluding hydrogens is 602 g/mol. The molecule has 256 valence electrons. The lowest BCUT2D eigenvalue weighted by Gasteiger charge is -2.24. The molecule has 0 saturated carbocycles. The number of benzene rings is 2. The number of carbonyl (C=O) groups excluding carboxylic acids is 2. The van der Waals surface area contributed by atoms with Gasteiger partial charge in [0.1, 0.15) is 5.75 Å². The molecule has 8 nitrogen and oxygen atoms in total. The molecule has 0 N–H and O–H groups in total. The Hall–Kier alpha value is -4.85. The van der Waals surface area contributed by atoms with Gasteiger partial charge in [0.05, 0.1) is 7.11 Å². The van der Waals surface area contributed by atoms with Gasteiger partial charge in [-0.2, -0.15) is 0 Å². The Labute approximate surface area is 287 Å². The zero-order chi connectivity index (χ0) is 35.2. The van der Waals surface area contributed by atoms with E-state index in [0.29, 0.717) is 24.2 Å². The number of nitrogens with zero attached hydrogens (tertiary/aromatic N) is 3. The maximum atomic E-state index is 12.0. The zero-order valence-electron chi connectivity index (χ0n) is 29.8. The predicted octanol–water partition coefficient (Wildman–Crippen LogP) is 7.01. The standard InChI is InChI=1S/C40H52N3O5/c1-10-41(11-2)33-18-14-31(15-19-33)38(36-23-22-35(28-37(36)46-9)42(12-3)13-4)32-16-20-34(21-17-32)43(24-26-47-39(44)29(5)6)25-27-48-40(45)30(7)8/h14-23,28H,5,7,10-13,24-27H2,1-4,6,8-9H3/q+1. The molecule has 48 heavy (non-hydrogen) atoms. The van der Waals surface area contributed by atoms with Crippen molar-refractivity contribution < 1.29 is 28.4 Å². The number of anilines is 2. The third kappa shape index (κ3) is 9.83. The Morgan fingerprint density at radius 3 is 1.65 bits per heavy atom. The summed E-state index contributed by atoms with van der Waals surface area (Å²) in [4.78, 5) is 28.7. The van der Waals surface area contributed by atoms with Gasteiger partial charge in [0.15, 0.2) is 32.0 Å². The first-order chi connectivity index (χ1) is 23.1. The van der Waals surface area contributed by atoms with E-state index in [1.165, 1.54) is 5.69 Å². The highest BCUT2D eigenvalue weighted by atomic mass is 16.5. The molecule has 0 bridgehead atoms. The molecule has 3 rings (SSSR count). The molecule has 0 spiro atoms. The van der Waals surface area contributed by atoms with Crippen molar-refractivity contribution in [1.82, 2.24) is 0 Å². The van der Waals surface area contributed by atoms with Crippen LogP contribution in [-0.4, -0.2) is 81.8 Å². The normalized spacial score (nSPS) is 12.0. The zero-order valence-corrected chi connectivity index (χ0v) is 29.8. The lowest BCUT2D eigenvalue weighted by atomic mass is 9.89. The minimum Gasteiger partial charge on any atom is -0.496 e. The first-order valence-corrected chi connectivity index (χ1v) is 16.7. The average molecular weight is 655 g/mol. The van der Waals surface area contributed by atoms with Crippen molar-refractivity contribution in [2.24, 2.45) is 0 Å². The van der Waals surface area contributed by atoms with E-state index in [4.69, 9.17) is 14.2 Å². The largest absolute Gasteiger partial charge is 0.496 e. The summed E-state index contributed by atoms with van der Waals surface area (Å²) in [5.74, 6) is -0.0796. The molecule has 0 heterocycles. The van der Waals surface area contributed by atoms with Crippen LogP contribution in [0.5, 0.6) is 5.75 Å². The number of methoxy groups -OCH3 is 1. The molecule has 1 aliphatic rings. The second-order valence-electron chi connectivity index (χ2n) is 11.5. The van der Waals surface area contributed by atoms with Crippen LogP contribution in [0.3, 0.4) is 0 Å². The fraction of sp³-hybridized carbons (Fsp3) is 0.375. The van der Waals surface area contributed by atoms with Crippen molar-refractivity contribution >= 4 is 34.6 Å². The van der Waals surface area contributed by atoms with Gasteiger partial charge in [0.25, 0.3) is 0 Å². The summed E-state index contributed by atoms with van der Waals surface area (Å²) in [6, 6.07) is 15.1. The van der Waals surface area contributed by atoms with Crippen LogP contribution in [-0.2, 0) is 19.1 Å². The molecular formula is C40H52N3O5+. The highest BCUT2D eigenvalue weighted by Crippen LogP contribution is 2.38. The number of esters is 2. The first-order valence-electron chi connectivity index (χ1n) is 16.7. The first kappa shape index (κ1) is 37.6. The van der Waals surface area contributed by atoms with Gasteiger partial charge in [-0.1, -0.05) is 25.3 Å². The highest BCUT2D eigenvalue weighted by Gasteiger charge is 2.20. The lowest BCUT2D eigenvalue weighted by molar-refractivity contribution is -0.530. The summed E-state index contributed by atoms with van der Waals surface area (Å²) >= 11 is 0. The van der Waals surface area contributed by atoms with E-state index < -0.39 is 11.9 Å². The Kier molecular flexibility index (Phi) is 14.5. The van der Waals surface area contributed by atoms with Gasteiger partial charge in [0.2, 0.25) is 0 Å². The van der Waals surface area contributed by atoms with Gasteiger partial charge in [-0.3, -0.25) is 0 Å². The van der Waals surface area contributed by atoms with Crippen LogP contribution >= 0.6 is 0 Å². The number of ether oxygens (including phenoxy) is 3.